The molecule has 9 heteroatoms. The summed E-state index contributed by atoms with van der Waals surface area (Å²) < 4.78 is 1.52. The van der Waals surface area contributed by atoms with E-state index in [9.17, 15) is 14.9 Å². The molecule has 3 aromatic carbocycles. The highest BCUT2D eigenvalue weighted by Crippen LogP contribution is 2.31. The zero-order valence-corrected chi connectivity index (χ0v) is 17.3. The molecule has 0 aliphatic heterocycles. The number of nitro benzene ring substituents is 1. The summed E-state index contributed by atoms with van der Waals surface area (Å²) in [6.45, 7) is 0. The molecule has 32 heavy (non-hydrogen) atoms. The third-order valence-corrected chi connectivity index (χ3v) is 5.76. The van der Waals surface area contributed by atoms with Gasteiger partial charge in [-0.3, -0.25) is 20.2 Å². The van der Waals surface area contributed by atoms with Gasteiger partial charge in [-0.25, -0.2) is 9.97 Å². The fourth-order valence-electron chi connectivity index (χ4n) is 3.50. The number of nitro groups is 1. The molecule has 1 amide bonds. The normalized spacial score (nSPS) is 10.9. The first-order valence-corrected chi connectivity index (χ1v) is 10.5. The number of hydrogen-bond donors (Lipinski definition) is 1. The molecule has 0 spiro atoms. The molecule has 0 aliphatic carbocycles. The van der Waals surface area contributed by atoms with E-state index in [1.807, 2.05) is 47.8 Å². The van der Waals surface area contributed by atoms with Gasteiger partial charge >= 0.3 is 0 Å². The molecule has 5 aromatic rings. The monoisotopic (exact) mass is 441 g/mol. The number of rotatable bonds is 5. The van der Waals surface area contributed by atoms with Crippen molar-refractivity contribution in [3.8, 4) is 16.9 Å². The molecule has 2 heterocycles. The van der Waals surface area contributed by atoms with Gasteiger partial charge in [-0.1, -0.05) is 42.5 Å². The van der Waals surface area contributed by atoms with E-state index in [0.29, 0.717) is 10.8 Å². The Kier molecular flexibility index (Phi) is 4.92. The lowest BCUT2D eigenvalue weighted by Crippen LogP contribution is -2.12. The summed E-state index contributed by atoms with van der Waals surface area (Å²) in [5.41, 5.74) is 2.04. The Labute approximate surface area is 186 Å². The zero-order valence-electron chi connectivity index (χ0n) is 16.5. The standard InChI is InChI=1S/C23H15N5O3S/c29-22(16-8-9-20(21(12-16)28(30)31)27-11-10-24-14-27)26-23-25-19(13-32-23)18-7-3-5-15-4-1-2-6-17(15)18/h1-14H,(H,25,26,29). The number of carbonyl (C=O) groups excluding carboxylic acids is 1. The van der Waals surface area contributed by atoms with Crippen molar-refractivity contribution in [2.75, 3.05) is 5.32 Å². The second-order valence-electron chi connectivity index (χ2n) is 6.95. The van der Waals surface area contributed by atoms with Gasteiger partial charge in [0.05, 0.1) is 16.9 Å². The maximum atomic E-state index is 12.8. The van der Waals surface area contributed by atoms with Crippen molar-refractivity contribution in [3.05, 3.63) is 100 Å². The van der Waals surface area contributed by atoms with Crippen molar-refractivity contribution in [1.29, 1.82) is 0 Å². The molecule has 0 atom stereocenters. The van der Waals surface area contributed by atoms with Crippen molar-refractivity contribution in [2.45, 2.75) is 0 Å². The summed E-state index contributed by atoms with van der Waals surface area (Å²) in [5.74, 6) is -0.468. The molecule has 0 bridgehead atoms. The van der Waals surface area contributed by atoms with E-state index in [1.165, 1.54) is 46.6 Å². The zero-order chi connectivity index (χ0) is 22.1. The van der Waals surface area contributed by atoms with Crippen molar-refractivity contribution < 1.29 is 9.72 Å². The Hall–Kier alpha value is -4.37. The minimum absolute atomic E-state index is 0.169. The average Bonchev–Trinajstić information content (AvgIpc) is 3.51. The molecular weight excluding hydrogens is 426 g/mol. The molecule has 0 aliphatic rings. The van der Waals surface area contributed by atoms with Gasteiger partial charge in [-0.2, -0.15) is 0 Å². The second kappa shape index (κ2) is 8.05. The van der Waals surface area contributed by atoms with Crippen molar-refractivity contribution in [2.24, 2.45) is 0 Å². The van der Waals surface area contributed by atoms with Crippen molar-refractivity contribution in [1.82, 2.24) is 14.5 Å². The van der Waals surface area contributed by atoms with Crippen LogP contribution >= 0.6 is 11.3 Å². The number of thiazole rings is 1. The van der Waals surface area contributed by atoms with E-state index in [2.05, 4.69) is 15.3 Å². The Balaban J connectivity index is 1.42. The summed E-state index contributed by atoms with van der Waals surface area (Å²) in [6, 6.07) is 18.3. The molecule has 1 N–H and O–H groups in total. The lowest BCUT2D eigenvalue weighted by atomic mass is 10.0. The molecular formula is C23H15N5O3S. The molecule has 0 unspecified atom stereocenters. The summed E-state index contributed by atoms with van der Waals surface area (Å²) in [4.78, 5) is 32.3. The molecule has 2 aromatic heterocycles. The third kappa shape index (κ3) is 3.61. The quantitative estimate of drug-likeness (QED) is 0.294. The summed E-state index contributed by atoms with van der Waals surface area (Å²) >= 11 is 1.30. The number of benzene rings is 3. The Bertz CT molecular complexity index is 1450. The van der Waals surface area contributed by atoms with Crippen LogP contribution in [0.15, 0.2) is 84.8 Å². The summed E-state index contributed by atoms with van der Waals surface area (Å²) in [6.07, 6.45) is 4.60. The van der Waals surface area contributed by atoms with Crippen LogP contribution in [0.3, 0.4) is 0 Å². The number of aromatic nitrogens is 3. The number of imidazole rings is 1. The van der Waals surface area contributed by atoms with Gasteiger partial charge in [0.1, 0.15) is 5.69 Å². The fraction of sp³-hybridized carbons (Fsp3) is 0. The largest absolute Gasteiger partial charge is 0.300 e. The van der Waals surface area contributed by atoms with Gasteiger partial charge in [-0.15, -0.1) is 11.3 Å². The number of hydrogen-bond acceptors (Lipinski definition) is 6. The predicted octanol–water partition coefficient (Wildman–Crippen LogP) is 5.31. The minimum atomic E-state index is -0.520. The first-order chi connectivity index (χ1) is 15.6. The first-order valence-electron chi connectivity index (χ1n) is 9.62. The minimum Gasteiger partial charge on any atom is -0.300 e. The van der Waals surface area contributed by atoms with Crippen LogP contribution in [0.25, 0.3) is 27.7 Å². The maximum Gasteiger partial charge on any atom is 0.294 e. The second-order valence-corrected chi connectivity index (χ2v) is 7.81. The average molecular weight is 441 g/mol. The highest BCUT2D eigenvalue weighted by atomic mass is 32.1. The van der Waals surface area contributed by atoms with Gasteiger partial charge in [0.25, 0.3) is 11.6 Å². The van der Waals surface area contributed by atoms with Crippen LogP contribution in [0.4, 0.5) is 10.8 Å². The van der Waals surface area contributed by atoms with Gasteiger partial charge < -0.3 is 4.57 Å². The fourth-order valence-corrected chi connectivity index (χ4v) is 4.21. The number of nitrogens with zero attached hydrogens (tertiary/aromatic N) is 4. The molecule has 0 saturated carbocycles. The van der Waals surface area contributed by atoms with Crippen LogP contribution in [0.1, 0.15) is 10.4 Å². The van der Waals surface area contributed by atoms with E-state index in [1.54, 1.807) is 6.20 Å². The Morgan fingerprint density at radius 2 is 1.94 bits per heavy atom. The van der Waals surface area contributed by atoms with Crippen LogP contribution in [0.2, 0.25) is 0 Å². The van der Waals surface area contributed by atoms with Crippen molar-refractivity contribution >= 4 is 38.8 Å². The van der Waals surface area contributed by atoms with E-state index >= 15 is 0 Å². The molecule has 8 nitrogen and oxygen atoms in total. The molecule has 0 saturated heterocycles. The Morgan fingerprint density at radius 3 is 2.75 bits per heavy atom. The third-order valence-electron chi connectivity index (χ3n) is 5.01. The van der Waals surface area contributed by atoms with Crippen LogP contribution in [-0.2, 0) is 0 Å². The van der Waals surface area contributed by atoms with E-state index in [-0.39, 0.29) is 11.3 Å². The number of amides is 1. The van der Waals surface area contributed by atoms with Gasteiger partial charge in [0, 0.05) is 35.0 Å². The predicted molar refractivity (Wildman–Crippen MR) is 123 cm³/mol. The summed E-state index contributed by atoms with van der Waals surface area (Å²) in [7, 11) is 0. The van der Waals surface area contributed by atoms with Gasteiger partial charge in [-0.05, 0) is 22.9 Å². The Morgan fingerprint density at radius 1 is 1.09 bits per heavy atom. The van der Waals surface area contributed by atoms with Crippen LogP contribution < -0.4 is 5.32 Å². The molecule has 5 rings (SSSR count). The highest BCUT2D eigenvalue weighted by Gasteiger charge is 2.19. The topological polar surface area (TPSA) is 103 Å². The van der Waals surface area contributed by atoms with E-state index in [0.717, 1.165) is 22.0 Å². The molecule has 0 fully saturated rings. The summed E-state index contributed by atoms with van der Waals surface area (Å²) in [5, 5.41) is 18.8. The van der Waals surface area contributed by atoms with Crippen molar-refractivity contribution in [3.63, 3.8) is 0 Å². The number of anilines is 1. The maximum absolute atomic E-state index is 12.8. The van der Waals surface area contributed by atoms with Gasteiger partial charge in [0.2, 0.25) is 0 Å². The lowest BCUT2D eigenvalue weighted by molar-refractivity contribution is -0.384. The first kappa shape index (κ1) is 19.6. The number of carbonyl (C=O) groups is 1. The van der Waals surface area contributed by atoms with Crippen LogP contribution in [0, 0.1) is 10.1 Å². The van der Waals surface area contributed by atoms with Gasteiger partial charge in [0.15, 0.2) is 5.13 Å². The van der Waals surface area contributed by atoms with Crippen LogP contribution in [0.5, 0.6) is 0 Å². The highest BCUT2D eigenvalue weighted by molar-refractivity contribution is 7.14. The molecule has 0 radical (unpaired) electrons. The SMILES string of the molecule is O=C(Nc1nc(-c2cccc3ccccc23)cs1)c1ccc(-n2ccnc2)c([N+](=O)[O-])c1. The smallest absolute Gasteiger partial charge is 0.294 e. The number of fused-ring (bicyclic) bond motifs is 1. The molecule has 156 valence electrons. The number of nitrogens with one attached hydrogen (secondary N) is 1. The van der Waals surface area contributed by atoms with E-state index < -0.39 is 10.8 Å². The van der Waals surface area contributed by atoms with Crippen LogP contribution in [-0.4, -0.2) is 25.4 Å². The van der Waals surface area contributed by atoms with E-state index in [4.69, 9.17) is 0 Å². The lowest BCUT2D eigenvalue weighted by Gasteiger charge is -2.06.